The lowest BCUT2D eigenvalue weighted by atomic mass is 10.1. The molecule has 0 aromatic carbocycles. The Labute approximate surface area is 78.0 Å². The first-order chi connectivity index (χ1) is 5.12. The zero-order valence-corrected chi connectivity index (χ0v) is 10.6. The standard InChI is InChI=1S/C9H23NOSi/c1-9(2,8-10(3)4)11-12(5,6)7/h8H2,1-7H3. The summed E-state index contributed by atoms with van der Waals surface area (Å²) in [7, 11) is 2.77. The maximum absolute atomic E-state index is 6.03. The van der Waals surface area contributed by atoms with Crippen LogP contribution in [0.5, 0.6) is 0 Å². The first-order valence-electron chi connectivity index (χ1n) is 4.47. The van der Waals surface area contributed by atoms with Crippen LogP contribution in [0.3, 0.4) is 0 Å². The molecular formula is C9H23NOSi. The van der Waals surface area contributed by atoms with Crippen LogP contribution in [-0.2, 0) is 4.43 Å². The Morgan fingerprint density at radius 1 is 1.17 bits per heavy atom. The van der Waals surface area contributed by atoms with Gasteiger partial charge in [-0.15, -0.1) is 0 Å². The van der Waals surface area contributed by atoms with Crippen LogP contribution in [0.15, 0.2) is 0 Å². The van der Waals surface area contributed by atoms with E-state index in [0.29, 0.717) is 0 Å². The highest BCUT2D eigenvalue weighted by atomic mass is 28.4. The van der Waals surface area contributed by atoms with Gasteiger partial charge in [-0.2, -0.15) is 0 Å². The lowest BCUT2D eigenvalue weighted by Crippen LogP contribution is -2.44. The third kappa shape index (κ3) is 6.82. The maximum atomic E-state index is 6.03. The van der Waals surface area contributed by atoms with Crippen LogP contribution in [0.1, 0.15) is 13.8 Å². The van der Waals surface area contributed by atoms with Crippen molar-refractivity contribution in [3.8, 4) is 0 Å². The van der Waals surface area contributed by atoms with E-state index in [-0.39, 0.29) is 5.60 Å². The van der Waals surface area contributed by atoms with Gasteiger partial charge in [0.05, 0.1) is 5.60 Å². The molecule has 0 bridgehead atoms. The van der Waals surface area contributed by atoms with Crippen LogP contribution in [0.4, 0.5) is 0 Å². The van der Waals surface area contributed by atoms with Gasteiger partial charge in [-0.05, 0) is 47.6 Å². The summed E-state index contributed by atoms with van der Waals surface area (Å²) >= 11 is 0. The predicted octanol–water partition coefficient (Wildman–Crippen LogP) is 2.18. The van der Waals surface area contributed by atoms with Crippen molar-refractivity contribution >= 4 is 8.32 Å². The minimum Gasteiger partial charge on any atom is -0.411 e. The minimum absolute atomic E-state index is 0.00598. The molecule has 0 N–H and O–H groups in total. The largest absolute Gasteiger partial charge is 0.411 e. The lowest BCUT2D eigenvalue weighted by Gasteiger charge is -2.35. The van der Waals surface area contributed by atoms with Gasteiger partial charge in [-0.3, -0.25) is 0 Å². The highest BCUT2D eigenvalue weighted by Crippen LogP contribution is 2.17. The Balaban J connectivity index is 4.04. The van der Waals surface area contributed by atoms with Gasteiger partial charge in [-0.25, -0.2) is 0 Å². The van der Waals surface area contributed by atoms with Crippen LogP contribution >= 0.6 is 0 Å². The van der Waals surface area contributed by atoms with Gasteiger partial charge in [0.15, 0.2) is 8.32 Å². The van der Waals surface area contributed by atoms with Gasteiger partial charge >= 0.3 is 0 Å². The SMILES string of the molecule is CN(C)CC(C)(C)O[Si](C)(C)C. The average molecular weight is 189 g/mol. The molecule has 0 aliphatic heterocycles. The first kappa shape index (κ1) is 12.1. The Kier molecular flexibility index (Phi) is 3.94. The molecule has 2 nitrogen and oxygen atoms in total. The Morgan fingerprint density at radius 3 is 1.83 bits per heavy atom. The third-order valence-electron chi connectivity index (χ3n) is 1.28. The fraction of sp³-hybridized carbons (Fsp3) is 1.00. The summed E-state index contributed by atoms with van der Waals surface area (Å²) in [6.07, 6.45) is 0. The topological polar surface area (TPSA) is 12.5 Å². The minimum atomic E-state index is -1.39. The van der Waals surface area contributed by atoms with E-state index in [0.717, 1.165) is 6.54 Å². The normalized spacial score (nSPS) is 14.0. The number of hydrogen-bond acceptors (Lipinski definition) is 2. The molecule has 3 heteroatoms. The fourth-order valence-electron chi connectivity index (χ4n) is 1.62. The summed E-state index contributed by atoms with van der Waals surface area (Å²) in [5.74, 6) is 0. The maximum Gasteiger partial charge on any atom is 0.184 e. The molecule has 0 heterocycles. The van der Waals surface area contributed by atoms with E-state index < -0.39 is 8.32 Å². The van der Waals surface area contributed by atoms with Crippen molar-refractivity contribution in [3.63, 3.8) is 0 Å². The Bertz CT molecular complexity index is 138. The van der Waals surface area contributed by atoms with Crippen molar-refractivity contribution in [1.29, 1.82) is 0 Å². The summed E-state index contributed by atoms with van der Waals surface area (Å²) in [6, 6.07) is 0. The number of rotatable bonds is 4. The molecule has 12 heavy (non-hydrogen) atoms. The highest BCUT2D eigenvalue weighted by Gasteiger charge is 2.27. The monoisotopic (exact) mass is 189 g/mol. The summed E-state index contributed by atoms with van der Waals surface area (Å²) in [4.78, 5) is 2.17. The van der Waals surface area contributed by atoms with Crippen LogP contribution in [0.2, 0.25) is 19.6 Å². The third-order valence-corrected chi connectivity index (χ3v) is 2.44. The molecule has 0 unspecified atom stereocenters. The number of likely N-dealkylation sites (N-methyl/N-ethyl adjacent to an activating group) is 1. The van der Waals surface area contributed by atoms with Crippen molar-refractivity contribution in [2.75, 3.05) is 20.6 Å². The summed E-state index contributed by atoms with van der Waals surface area (Å²) in [6.45, 7) is 12.0. The molecule has 0 amide bonds. The summed E-state index contributed by atoms with van der Waals surface area (Å²) in [5, 5.41) is 0. The van der Waals surface area contributed by atoms with Crippen molar-refractivity contribution < 1.29 is 4.43 Å². The molecular weight excluding hydrogens is 166 g/mol. The van der Waals surface area contributed by atoms with E-state index in [4.69, 9.17) is 4.43 Å². The van der Waals surface area contributed by atoms with Gasteiger partial charge in [0.2, 0.25) is 0 Å². The van der Waals surface area contributed by atoms with Gasteiger partial charge in [0.25, 0.3) is 0 Å². The zero-order chi connectivity index (χ0) is 9.99. The molecule has 0 spiro atoms. The Morgan fingerprint density at radius 2 is 1.58 bits per heavy atom. The molecule has 0 saturated carbocycles. The quantitative estimate of drug-likeness (QED) is 0.629. The predicted molar refractivity (Wildman–Crippen MR) is 57.1 cm³/mol. The van der Waals surface area contributed by atoms with E-state index in [1.807, 2.05) is 0 Å². The van der Waals surface area contributed by atoms with E-state index in [1.165, 1.54) is 0 Å². The molecule has 0 aromatic heterocycles. The van der Waals surface area contributed by atoms with Crippen LogP contribution in [-0.4, -0.2) is 39.5 Å². The molecule has 0 rings (SSSR count). The van der Waals surface area contributed by atoms with Gasteiger partial charge in [-0.1, -0.05) is 0 Å². The molecule has 74 valence electrons. The zero-order valence-electron chi connectivity index (χ0n) is 9.56. The molecule has 0 atom stereocenters. The number of nitrogens with zero attached hydrogens (tertiary/aromatic N) is 1. The van der Waals surface area contributed by atoms with Crippen LogP contribution in [0.25, 0.3) is 0 Å². The Hall–Kier alpha value is 0.137. The van der Waals surface area contributed by atoms with Crippen molar-refractivity contribution in [3.05, 3.63) is 0 Å². The molecule has 0 aliphatic rings. The van der Waals surface area contributed by atoms with Crippen LogP contribution < -0.4 is 0 Å². The van der Waals surface area contributed by atoms with E-state index in [9.17, 15) is 0 Å². The van der Waals surface area contributed by atoms with Crippen LogP contribution in [0, 0.1) is 0 Å². The van der Waals surface area contributed by atoms with E-state index >= 15 is 0 Å². The van der Waals surface area contributed by atoms with Gasteiger partial charge in [0.1, 0.15) is 0 Å². The molecule has 0 saturated heterocycles. The molecule has 0 radical (unpaired) electrons. The highest BCUT2D eigenvalue weighted by molar-refractivity contribution is 6.69. The molecule has 0 aromatic rings. The second kappa shape index (κ2) is 3.90. The number of hydrogen-bond donors (Lipinski definition) is 0. The fourth-order valence-corrected chi connectivity index (χ4v) is 3.35. The summed E-state index contributed by atoms with van der Waals surface area (Å²) < 4.78 is 6.03. The van der Waals surface area contributed by atoms with Crippen molar-refractivity contribution in [2.24, 2.45) is 0 Å². The second-order valence-electron chi connectivity index (χ2n) is 5.21. The lowest BCUT2D eigenvalue weighted by molar-refractivity contribution is 0.0701. The van der Waals surface area contributed by atoms with E-state index in [2.05, 4.69) is 52.5 Å². The first-order valence-corrected chi connectivity index (χ1v) is 7.88. The van der Waals surface area contributed by atoms with Gasteiger partial charge < -0.3 is 9.33 Å². The molecule has 0 fully saturated rings. The molecule has 0 aliphatic carbocycles. The van der Waals surface area contributed by atoms with Crippen molar-refractivity contribution in [1.82, 2.24) is 4.90 Å². The average Bonchev–Trinajstić information content (AvgIpc) is 1.48. The van der Waals surface area contributed by atoms with Gasteiger partial charge in [0, 0.05) is 6.54 Å². The van der Waals surface area contributed by atoms with E-state index in [1.54, 1.807) is 0 Å². The second-order valence-corrected chi connectivity index (χ2v) is 9.64. The smallest absolute Gasteiger partial charge is 0.184 e. The van der Waals surface area contributed by atoms with Crippen molar-refractivity contribution in [2.45, 2.75) is 39.1 Å². The summed E-state index contributed by atoms with van der Waals surface area (Å²) in [5.41, 5.74) is -0.00598.